The van der Waals surface area contributed by atoms with Crippen LogP contribution < -0.4 is 4.74 Å². The van der Waals surface area contributed by atoms with Gasteiger partial charge in [-0.2, -0.15) is 23.5 Å². The van der Waals surface area contributed by atoms with Gasteiger partial charge in [0, 0.05) is 21.5 Å². The van der Waals surface area contributed by atoms with Crippen LogP contribution in [0, 0.1) is 0 Å². The van der Waals surface area contributed by atoms with E-state index in [1.54, 1.807) is 0 Å². The lowest BCUT2D eigenvalue weighted by Crippen LogP contribution is -2.30. The monoisotopic (exact) mass is 298 g/mol. The first-order chi connectivity index (χ1) is 9.11. The Labute approximate surface area is 124 Å². The predicted octanol–water partition coefficient (Wildman–Crippen LogP) is 3.74. The third-order valence-electron chi connectivity index (χ3n) is 3.46. The van der Waals surface area contributed by atoms with Crippen LogP contribution in [-0.2, 0) is 0 Å². The molecule has 19 heavy (non-hydrogen) atoms. The number of hydrogen-bond donors (Lipinski definition) is 1. The molecule has 1 saturated heterocycles. The molecule has 0 radical (unpaired) electrons. The second-order valence-corrected chi connectivity index (χ2v) is 7.90. The lowest BCUT2D eigenvalue weighted by atomic mass is 10.1. The van der Waals surface area contributed by atoms with E-state index in [1.807, 2.05) is 54.7 Å². The third kappa shape index (κ3) is 3.83. The molecule has 0 amide bonds. The topological polar surface area (TPSA) is 29.5 Å². The molecule has 0 aliphatic carbocycles. The average Bonchev–Trinajstić information content (AvgIpc) is 2.42. The van der Waals surface area contributed by atoms with Crippen molar-refractivity contribution in [3.8, 4) is 5.75 Å². The third-order valence-corrected chi connectivity index (χ3v) is 6.94. The van der Waals surface area contributed by atoms with Crippen LogP contribution in [0.25, 0.3) is 0 Å². The van der Waals surface area contributed by atoms with Gasteiger partial charge in [0.15, 0.2) is 0 Å². The molecule has 4 heteroatoms. The van der Waals surface area contributed by atoms with Gasteiger partial charge in [-0.1, -0.05) is 26.0 Å². The normalized spacial score (nSPS) is 28.9. The molecule has 4 unspecified atom stereocenters. The number of aliphatic hydroxyl groups is 1. The van der Waals surface area contributed by atoms with Crippen LogP contribution in [0.4, 0.5) is 0 Å². The van der Waals surface area contributed by atoms with Gasteiger partial charge in [-0.3, -0.25) is 0 Å². The lowest BCUT2D eigenvalue weighted by Gasteiger charge is -2.34. The van der Waals surface area contributed by atoms with Crippen molar-refractivity contribution < 1.29 is 9.84 Å². The molecule has 2 rings (SSSR count). The van der Waals surface area contributed by atoms with E-state index in [9.17, 15) is 5.11 Å². The van der Waals surface area contributed by atoms with Gasteiger partial charge in [-0.05, 0) is 24.6 Å². The highest BCUT2D eigenvalue weighted by Gasteiger charge is 2.30. The number of rotatable bonds is 4. The molecular formula is C15H22O2S2. The van der Waals surface area contributed by atoms with E-state index in [-0.39, 0.29) is 11.4 Å². The summed E-state index contributed by atoms with van der Waals surface area (Å²) in [7, 11) is 0. The molecule has 0 saturated carbocycles. The van der Waals surface area contributed by atoms with Crippen LogP contribution in [0.5, 0.6) is 5.75 Å². The van der Waals surface area contributed by atoms with E-state index in [4.69, 9.17) is 4.74 Å². The molecular weight excluding hydrogens is 276 g/mol. The maximum Gasteiger partial charge on any atom is 0.119 e. The molecule has 1 aliphatic heterocycles. The zero-order chi connectivity index (χ0) is 13.8. The van der Waals surface area contributed by atoms with Gasteiger partial charge in [0.05, 0.1) is 12.7 Å². The Morgan fingerprint density at radius 1 is 1.26 bits per heavy atom. The smallest absolute Gasteiger partial charge is 0.119 e. The SMILES string of the molecule is CCOc1ccc(C(O)C2CSC(C)C(C)S2)cc1. The van der Waals surface area contributed by atoms with Gasteiger partial charge >= 0.3 is 0 Å². The van der Waals surface area contributed by atoms with Crippen molar-refractivity contribution in [1.29, 1.82) is 0 Å². The van der Waals surface area contributed by atoms with Crippen LogP contribution in [-0.4, -0.2) is 33.2 Å². The van der Waals surface area contributed by atoms with Gasteiger partial charge in [0.25, 0.3) is 0 Å². The highest BCUT2D eigenvalue weighted by molar-refractivity contribution is 8.07. The number of ether oxygens (including phenoxy) is 1. The molecule has 1 aromatic carbocycles. The van der Waals surface area contributed by atoms with Gasteiger partial charge in [-0.15, -0.1) is 0 Å². The van der Waals surface area contributed by atoms with Crippen molar-refractivity contribution in [3.63, 3.8) is 0 Å². The van der Waals surface area contributed by atoms with Crippen molar-refractivity contribution in [2.45, 2.75) is 42.6 Å². The maximum atomic E-state index is 10.5. The van der Waals surface area contributed by atoms with Gasteiger partial charge in [0.2, 0.25) is 0 Å². The summed E-state index contributed by atoms with van der Waals surface area (Å²) in [5.74, 6) is 1.89. The number of benzene rings is 1. The highest BCUT2D eigenvalue weighted by atomic mass is 32.2. The highest BCUT2D eigenvalue weighted by Crippen LogP contribution is 2.41. The number of hydrogen-bond acceptors (Lipinski definition) is 4. The van der Waals surface area contributed by atoms with Gasteiger partial charge in [-0.25, -0.2) is 0 Å². The van der Waals surface area contributed by atoms with Crippen LogP contribution >= 0.6 is 23.5 Å². The van der Waals surface area contributed by atoms with Gasteiger partial charge in [0.1, 0.15) is 5.75 Å². The zero-order valence-corrected chi connectivity index (χ0v) is 13.3. The van der Waals surface area contributed by atoms with Crippen molar-refractivity contribution in [1.82, 2.24) is 0 Å². The molecule has 1 N–H and O–H groups in total. The molecule has 106 valence electrons. The Bertz CT molecular complexity index is 394. The minimum atomic E-state index is -0.386. The summed E-state index contributed by atoms with van der Waals surface area (Å²) in [4.78, 5) is 0. The summed E-state index contributed by atoms with van der Waals surface area (Å²) in [6.45, 7) is 7.16. The molecule has 0 spiro atoms. The van der Waals surface area contributed by atoms with Crippen molar-refractivity contribution in [2.75, 3.05) is 12.4 Å². The first-order valence-corrected chi connectivity index (χ1v) is 8.79. The molecule has 1 heterocycles. The molecule has 1 aromatic rings. The Morgan fingerprint density at radius 3 is 2.53 bits per heavy atom. The van der Waals surface area contributed by atoms with Crippen molar-refractivity contribution >= 4 is 23.5 Å². The number of thioether (sulfide) groups is 2. The quantitative estimate of drug-likeness (QED) is 0.917. The predicted molar refractivity (Wildman–Crippen MR) is 85.3 cm³/mol. The van der Waals surface area contributed by atoms with E-state index < -0.39 is 0 Å². The minimum Gasteiger partial charge on any atom is -0.494 e. The summed E-state index contributed by atoms with van der Waals surface area (Å²) >= 11 is 3.87. The van der Waals surface area contributed by atoms with Crippen LogP contribution in [0.15, 0.2) is 24.3 Å². The molecule has 1 fully saturated rings. The summed E-state index contributed by atoms with van der Waals surface area (Å²) < 4.78 is 5.43. The first kappa shape index (κ1) is 15.1. The zero-order valence-electron chi connectivity index (χ0n) is 11.7. The Balaban J connectivity index is 2.00. The summed E-state index contributed by atoms with van der Waals surface area (Å²) in [6, 6.07) is 7.83. The molecule has 2 nitrogen and oxygen atoms in total. The van der Waals surface area contributed by atoms with Crippen molar-refractivity contribution in [2.24, 2.45) is 0 Å². The lowest BCUT2D eigenvalue weighted by molar-refractivity contribution is 0.180. The minimum absolute atomic E-state index is 0.286. The van der Waals surface area contributed by atoms with E-state index in [0.717, 1.165) is 17.1 Å². The summed E-state index contributed by atoms with van der Waals surface area (Å²) in [5.41, 5.74) is 0.989. The fraction of sp³-hybridized carbons (Fsp3) is 0.600. The second-order valence-electron chi connectivity index (χ2n) is 4.86. The largest absolute Gasteiger partial charge is 0.494 e. The Morgan fingerprint density at radius 2 is 1.95 bits per heavy atom. The van der Waals surface area contributed by atoms with Crippen LogP contribution in [0.1, 0.15) is 32.4 Å². The Kier molecular flexibility index (Phi) is 5.48. The van der Waals surface area contributed by atoms with E-state index in [2.05, 4.69) is 13.8 Å². The molecule has 1 aliphatic rings. The molecule has 0 aromatic heterocycles. The van der Waals surface area contributed by atoms with E-state index in [0.29, 0.717) is 17.1 Å². The van der Waals surface area contributed by atoms with Crippen LogP contribution in [0.3, 0.4) is 0 Å². The maximum absolute atomic E-state index is 10.5. The molecule has 0 bridgehead atoms. The summed E-state index contributed by atoms with van der Waals surface area (Å²) in [6.07, 6.45) is -0.386. The summed E-state index contributed by atoms with van der Waals surface area (Å²) in [5, 5.41) is 12.1. The number of aliphatic hydroxyl groups excluding tert-OH is 1. The Hall–Kier alpha value is -0.320. The molecule has 4 atom stereocenters. The fourth-order valence-corrected chi connectivity index (χ4v) is 5.12. The second kappa shape index (κ2) is 6.91. The van der Waals surface area contributed by atoms with Crippen LogP contribution in [0.2, 0.25) is 0 Å². The van der Waals surface area contributed by atoms with Crippen molar-refractivity contribution in [3.05, 3.63) is 29.8 Å². The first-order valence-electron chi connectivity index (χ1n) is 6.79. The fourth-order valence-electron chi connectivity index (χ4n) is 2.12. The van der Waals surface area contributed by atoms with E-state index in [1.165, 1.54) is 0 Å². The average molecular weight is 298 g/mol. The standard InChI is InChI=1S/C15H22O2S2/c1-4-17-13-7-5-12(6-8-13)15(16)14-9-18-10(2)11(3)19-14/h5-8,10-11,14-16H,4,9H2,1-3H3. The van der Waals surface area contributed by atoms with E-state index >= 15 is 0 Å². The van der Waals surface area contributed by atoms with Gasteiger partial charge < -0.3 is 9.84 Å².